The standard InChI is InChI=1S/C14H19N3/c1-14(2)10-17(7-6-13(14)16)12-5-3-4-11(8-12)9-15/h3-5,8,13H,6-7,10,16H2,1-2H3. The van der Waals surface area contributed by atoms with E-state index in [2.05, 4.69) is 30.9 Å². The van der Waals surface area contributed by atoms with Gasteiger partial charge in [0.15, 0.2) is 0 Å². The molecule has 1 unspecified atom stereocenters. The molecule has 1 atom stereocenters. The highest BCUT2D eigenvalue weighted by molar-refractivity contribution is 5.52. The van der Waals surface area contributed by atoms with Crippen LogP contribution in [0, 0.1) is 16.7 Å². The molecule has 1 aliphatic rings. The molecule has 1 saturated heterocycles. The molecular weight excluding hydrogens is 210 g/mol. The first-order chi connectivity index (χ1) is 8.03. The lowest BCUT2D eigenvalue weighted by Gasteiger charge is -2.43. The van der Waals surface area contributed by atoms with E-state index in [0.717, 1.165) is 30.8 Å². The third kappa shape index (κ3) is 2.42. The summed E-state index contributed by atoms with van der Waals surface area (Å²) >= 11 is 0. The quantitative estimate of drug-likeness (QED) is 0.802. The zero-order valence-corrected chi connectivity index (χ0v) is 10.5. The number of rotatable bonds is 1. The minimum absolute atomic E-state index is 0.126. The van der Waals surface area contributed by atoms with Crippen molar-refractivity contribution in [3.63, 3.8) is 0 Å². The van der Waals surface area contributed by atoms with Crippen molar-refractivity contribution in [3.05, 3.63) is 29.8 Å². The highest BCUT2D eigenvalue weighted by Gasteiger charge is 2.33. The van der Waals surface area contributed by atoms with Gasteiger partial charge in [-0.2, -0.15) is 5.26 Å². The summed E-state index contributed by atoms with van der Waals surface area (Å²) in [5.74, 6) is 0. The second kappa shape index (κ2) is 4.38. The third-order valence-corrected chi connectivity index (χ3v) is 3.65. The van der Waals surface area contributed by atoms with Crippen molar-refractivity contribution in [3.8, 4) is 6.07 Å². The van der Waals surface area contributed by atoms with Crippen molar-refractivity contribution in [2.45, 2.75) is 26.3 Å². The minimum Gasteiger partial charge on any atom is -0.371 e. The van der Waals surface area contributed by atoms with Crippen LogP contribution in [0.5, 0.6) is 0 Å². The van der Waals surface area contributed by atoms with E-state index >= 15 is 0 Å². The van der Waals surface area contributed by atoms with E-state index in [0.29, 0.717) is 0 Å². The fourth-order valence-corrected chi connectivity index (χ4v) is 2.37. The predicted octanol–water partition coefficient (Wildman–Crippen LogP) is 2.12. The Bertz CT molecular complexity index is 445. The van der Waals surface area contributed by atoms with Crippen molar-refractivity contribution in [2.75, 3.05) is 18.0 Å². The molecule has 0 radical (unpaired) electrons. The van der Waals surface area contributed by atoms with Gasteiger partial charge >= 0.3 is 0 Å². The van der Waals surface area contributed by atoms with Crippen LogP contribution in [-0.2, 0) is 0 Å². The number of piperidine rings is 1. The molecule has 3 nitrogen and oxygen atoms in total. The Kier molecular flexibility index (Phi) is 3.08. The molecule has 2 N–H and O–H groups in total. The van der Waals surface area contributed by atoms with Gasteiger partial charge in [0.1, 0.15) is 0 Å². The predicted molar refractivity (Wildman–Crippen MR) is 69.7 cm³/mol. The molecule has 0 spiro atoms. The van der Waals surface area contributed by atoms with Crippen LogP contribution in [0.3, 0.4) is 0 Å². The average molecular weight is 229 g/mol. The van der Waals surface area contributed by atoms with E-state index in [1.54, 1.807) is 0 Å². The van der Waals surface area contributed by atoms with Crippen molar-refractivity contribution in [1.29, 1.82) is 5.26 Å². The smallest absolute Gasteiger partial charge is 0.0992 e. The molecule has 0 amide bonds. The molecule has 1 heterocycles. The normalized spacial score (nSPS) is 23.2. The summed E-state index contributed by atoms with van der Waals surface area (Å²) in [6, 6.07) is 10.2. The summed E-state index contributed by atoms with van der Waals surface area (Å²) < 4.78 is 0. The molecule has 1 aromatic rings. The molecule has 17 heavy (non-hydrogen) atoms. The number of hydrogen-bond donors (Lipinski definition) is 1. The van der Waals surface area contributed by atoms with Gasteiger partial charge in [-0.15, -0.1) is 0 Å². The Labute approximate surface area is 103 Å². The van der Waals surface area contributed by atoms with Crippen molar-refractivity contribution in [1.82, 2.24) is 0 Å². The van der Waals surface area contributed by atoms with Gasteiger partial charge in [-0.05, 0) is 30.0 Å². The number of nitrogens with zero attached hydrogens (tertiary/aromatic N) is 2. The van der Waals surface area contributed by atoms with Gasteiger partial charge in [-0.25, -0.2) is 0 Å². The third-order valence-electron chi connectivity index (χ3n) is 3.65. The molecular formula is C14H19N3. The lowest BCUT2D eigenvalue weighted by atomic mass is 9.79. The van der Waals surface area contributed by atoms with Crippen LogP contribution in [0.2, 0.25) is 0 Å². The molecule has 3 heteroatoms. The van der Waals surface area contributed by atoms with E-state index in [4.69, 9.17) is 11.0 Å². The summed E-state index contributed by atoms with van der Waals surface area (Å²) in [5, 5.41) is 8.92. The van der Waals surface area contributed by atoms with Crippen LogP contribution in [0.15, 0.2) is 24.3 Å². The maximum absolute atomic E-state index is 8.92. The van der Waals surface area contributed by atoms with Gasteiger partial charge in [-0.1, -0.05) is 19.9 Å². The maximum Gasteiger partial charge on any atom is 0.0992 e. The van der Waals surface area contributed by atoms with Gasteiger partial charge in [0.25, 0.3) is 0 Å². The number of hydrogen-bond acceptors (Lipinski definition) is 3. The van der Waals surface area contributed by atoms with E-state index in [1.807, 2.05) is 18.2 Å². The first-order valence-electron chi connectivity index (χ1n) is 6.03. The topological polar surface area (TPSA) is 53.0 Å². The number of nitrogens with two attached hydrogens (primary N) is 1. The zero-order chi connectivity index (χ0) is 12.5. The van der Waals surface area contributed by atoms with E-state index in [9.17, 15) is 0 Å². The van der Waals surface area contributed by atoms with E-state index < -0.39 is 0 Å². The molecule has 1 aliphatic heterocycles. The summed E-state index contributed by atoms with van der Waals surface area (Å²) in [4.78, 5) is 2.32. The highest BCUT2D eigenvalue weighted by atomic mass is 15.2. The first-order valence-corrected chi connectivity index (χ1v) is 6.03. The number of anilines is 1. The molecule has 1 fully saturated rings. The summed E-state index contributed by atoms with van der Waals surface area (Å²) in [7, 11) is 0. The highest BCUT2D eigenvalue weighted by Crippen LogP contribution is 2.31. The largest absolute Gasteiger partial charge is 0.371 e. The number of benzene rings is 1. The Morgan fingerprint density at radius 3 is 2.88 bits per heavy atom. The summed E-state index contributed by atoms with van der Waals surface area (Å²) in [5.41, 5.74) is 8.10. The average Bonchev–Trinajstić information content (AvgIpc) is 2.32. The van der Waals surface area contributed by atoms with Crippen molar-refractivity contribution < 1.29 is 0 Å². The first kappa shape index (κ1) is 11.9. The van der Waals surface area contributed by atoms with Crippen LogP contribution >= 0.6 is 0 Å². The zero-order valence-electron chi connectivity index (χ0n) is 10.5. The Morgan fingerprint density at radius 2 is 2.24 bits per heavy atom. The van der Waals surface area contributed by atoms with E-state index in [1.165, 1.54) is 0 Å². The second-order valence-corrected chi connectivity index (χ2v) is 5.47. The van der Waals surface area contributed by atoms with Gasteiger partial charge in [-0.3, -0.25) is 0 Å². The summed E-state index contributed by atoms with van der Waals surface area (Å²) in [6.07, 6.45) is 1.00. The van der Waals surface area contributed by atoms with E-state index in [-0.39, 0.29) is 11.5 Å². The molecule has 2 rings (SSSR count). The molecule has 0 aromatic heterocycles. The molecule has 0 saturated carbocycles. The molecule has 90 valence electrons. The van der Waals surface area contributed by atoms with Gasteiger partial charge in [0.2, 0.25) is 0 Å². The Morgan fingerprint density at radius 1 is 1.47 bits per heavy atom. The van der Waals surface area contributed by atoms with Crippen molar-refractivity contribution >= 4 is 5.69 Å². The lowest BCUT2D eigenvalue weighted by Crippen LogP contribution is -2.52. The van der Waals surface area contributed by atoms with Crippen LogP contribution in [0.1, 0.15) is 25.8 Å². The van der Waals surface area contributed by atoms with Crippen molar-refractivity contribution in [2.24, 2.45) is 11.1 Å². The Balaban J connectivity index is 2.21. The fraction of sp³-hybridized carbons (Fsp3) is 0.500. The second-order valence-electron chi connectivity index (χ2n) is 5.47. The summed E-state index contributed by atoms with van der Waals surface area (Å²) in [6.45, 7) is 6.33. The lowest BCUT2D eigenvalue weighted by molar-refractivity contribution is 0.245. The van der Waals surface area contributed by atoms with Gasteiger partial charge in [0, 0.05) is 24.8 Å². The monoisotopic (exact) mass is 229 g/mol. The number of nitriles is 1. The minimum atomic E-state index is 0.126. The van der Waals surface area contributed by atoms with Crippen LogP contribution in [0.4, 0.5) is 5.69 Å². The van der Waals surface area contributed by atoms with Gasteiger partial charge < -0.3 is 10.6 Å². The SMILES string of the molecule is CC1(C)CN(c2cccc(C#N)c2)CCC1N. The van der Waals surface area contributed by atoms with Gasteiger partial charge in [0.05, 0.1) is 11.6 Å². The fourth-order valence-electron chi connectivity index (χ4n) is 2.37. The molecule has 1 aromatic carbocycles. The van der Waals surface area contributed by atoms with Crippen LogP contribution in [-0.4, -0.2) is 19.1 Å². The Hall–Kier alpha value is -1.53. The molecule has 0 aliphatic carbocycles. The van der Waals surface area contributed by atoms with Crippen LogP contribution < -0.4 is 10.6 Å². The van der Waals surface area contributed by atoms with Crippen LogP contribution in [0.25, 0.3) is 0 Å². The maximum atomic E-state index is 8.92. The molecule has 0 bridgehead atoms.